The maximum Gasteiger partial charge on any atom is 0.230 e. The van der Waals surface area contributed by atoms with Crippen molar-refractivity contribution < 1.29 is 34.8 Å². The van der Waals surface area contributed by atoms with E-state index in [1.165, 1.54) is 6.07 Å². The van der Waals surface area contributed by atoms with E-state index in [9.17, 15) is 34.8 Å². The fraction of sp³-hybridized carbons (Fsp3) is 0.433. The van der Waals surface area contributed by atoms with Crippen LogP contribution in [0.1, 0.15) is 39.8 Å². The number of carbonyl (C=O) groups excluding carboxylic acids is 3. The van der Waals surface area contributed by atoms with Crippen molar-refractivity contribution in [1.29, 1.82) is 0 Å². The minimum atomic E-state index is -2.66. The third kappa shape index (κ3) is 3.99. The molecule has 0 bridgehead atoms. The first-order chi connectivity index (χ1) is 18.3. The van der Waals surface area contributed by atoms with E-state index in [-0.39, 0.29) is 29.7 Å². The van der Waals surface area contributed by atoms with Gasteiger partial charge in [0.25, 0.3) is 0 Å². The number of benzene rings is 2. The van der Waals surface area contributed by atoms with Gasteiger partial charge in [-0.2, -0.15) is 0 Å². The predicted molar refractivity (Wildman–Crippen MR) is 143 cm³/mol. The highest BCUT2D eigenvalue weighted by Gasteiger charge is 2.67. The number of hydrogen-bond acceptors (Lipinski definition) is 8. The van der Waals surface area contributed by atoms with E-state index in [0.29, 0.717) is 12.0 Å². The second kappa shape index (κ2) is 9.29. The first-order valence-corrected chi connectivity index (χ1v) is 13.1. The molecule has 2 aromatic rings. The number of phenolic OH excluding ortho intramolecular Hbond substituents is 1. The number of Topliss-reactive ketones (excluding diaryl/α,β-unsaturated/α-hetero) is 2. The maximum atomic E-state index is 13.9. The van der Waals surface area contributed by atoms with Crippen molar-refractivity contribution in [1.82, 2.24) is 4.90 Å². The summed E-state index contributed by atoms with van der Waals surface area (Å²) < 4.78 is 0. The summed E-state index contributed by atoms with van der Waals surface area (Å²) in [5.41, 5.74) is 7.59. The Morgan fingerprint density at radius 3 is 2.33 bits per heavy atom. The van der Waals surface area contributed by atoms with Crippen molar-refractivity contribution in [2.75, 3.05) is 14.1 Å². The second-order valence-electron chi connectivity index (χ2n) is 11.6. The molecule has 39 heavy (non-hydrogen) atoms. The number of aliphatic hydroxyl groups excluding tert-OH is 2. The molecule has 0 heterocycles. The molecule has 6 N–H and O–H groups in total. The van der Waals surface area contributed by atoms with Crippen molar-refractivity contribution >= 4 is 23.2 Å². The molecule has 2 unspecified atom stereocenters. The fourth-order valence-corrected chi connectivity index (χ4v) is 7.23. The number of likely N-dealkylation sites (N-methyl/N-ethyl adjacent to an activating group) is 1. The average Bonchev–Trinajstić information content (AvgIpc) is 2.82. The lowest BCUT2D eigenvalue weighted by Crippen LogP contribution is -2.73. The average molecular weight is 535 g/mol. The van der Waals surface area contributed by atoms with Crippen LogP contribution in [-0.4, -0.2) is 74.6 Å². The van der Waals surface area contributed by atoms with Gasteiger partial charge in [-0.3, -0.25) is 14.4 Å². The molecule has 0 spiro atoms. The topological polar surface area (TPSA) is 161 Å². The van der Waals surface area contributed by atoms with E-state index in [1.54, 1.807) is 25.1 Å². The number of nitrogens with two attached hydrogens (primary N) is 1. The minimum absolute atomic E-state index is 0.0941. The zero-order valence-corrected chi connectivity index (χ0v) is 22.4. The molecule has 3 aliphatic rings. The van der Waals surface area contributed by atoms with Gasteiger partial charge in [0.2, 0.25) is 11.7 Å². The van der Waals surface area contributed by atoms with Crippen LogP contribution in [0.15, 0.2) is 35.9 Å². The van der Waals surface area contributed by atoms with E-state index in [2.05, 4.69) is 18.2 Å². The molecule has 6 atom stereocenters. The molecule has 0 aromatic heterocycles. The van der Waals surface area contributed by atoms with Crippen LogP contribution in [-0.2, 0) is 27.2 Å². The summed E-state index contributed by atoms with van der Waals surface area (Å²) in [5.74, 6) is -7.41. The van der Waals surface area contributed by atoms with Gasteiger partial charge in [0, 0.05) is 17.5 Å². The Labute approximate surface area is 226 Å². The monoisotopic (exact) mass is 534 g/mol. The number of nitrogens with zero attached hydrogens (tertiary/aromatic N) is 1. The number of primary amides is 1. The van der Waals surface area contributed by atoms with Crippen LogP contribution in [0, 0.1) is 31.6 Å². The third-order valence-corrected chi connectivity index (χ3v) is 8.75. The van der Waals surface area contributed by atoms with Crippen molar-refractivity contribution in [3.05, 3.63) is 69.3 Å². The number of rotatable bonds is 4. The molecule has 5 rings (SSSR count). The molecule has 9 heteroatoms. The molecule has 0 radical (unpaired) electrons. The van der Waals surface area contributed by atoms with Crippen molar-refractivity contribution in [3.8, 4) is 5.75 Å². The van der Waals surface area contributed by atoms with Crippen molar-refractivity contribution in [2.24, 2.45) is 23.5 Å². The van der Waals surface area contributed by atoms with Crippen LogP contribution >= 0.6 is 0 Å². The summed E-state index contributed by atoms with van der Waals surface area (Å²) in [6.45, 7) is 4.03. The predicted octanol–water partition coefficient (Wildman–Crippen LogP) is 1.34. The fourth-order valence-electron chi connectivity index (χ4n) is 7.23. The summed E-state index contributed by atoms with van der Waals surface area (Å²) in [5, 5.41) is 44.9. The number of hydrogen-bond donors (Lipinski definition) is 5. The van der Waals surface area contributed by atoms with Gasteiger partial charge in [0.1, 0.15) is 17.4 Å². The van der Waals surface area contributed by atoms with Crippen LogP contribution in [0.3, 0.4) is 0 Å². The zero-order chi connectivity index (χ0) is 28.5. The van der Waals surface area contributed by atoms with Gasteiger partial charge in [0.15, 0.2) is 11.4 Å². The largest absolute Gasteiger partial charge is 0.507 e. The molecule has 3 aliphatic carbocycles. The number of aliphatic hydroxyl groups is 3. The number of ketones is 2. The Hall–Kier alpha value is -3.53. The molecule has 1 amide bonds. The quantitative estimate of drug-likeness (QED) is 0.367. The van der Waals surface area contributed by atoms with Crippen molar-refractivity contribution in [3.63, 3.8) is 0 Å². The van der Waals surface area contributed by atoms with Crippen molar-refractivity contribution in [2.45, 2.75) is 50.9 Å². The van der Waals surface area contributed by atoms with Gasteiger partial charge >= 0.3 is 0 Å². The minimum Gasteiger partial charge on any atom is -0.507 e. The second-order valence-corrected chi connectivity index (χ2v) is 11.6. The Bertz CT molecular complexity index is 1420. The number of phenols is 1. The molecule has 2 aromatic carbocycles. The normalized spacial score (nSPS) is 30.2. The first kappa shape index (κ1) is 27.1. The number of aromatic hydroxyl groups is 1. The molecule has 2 fully saturated rings. The van der Waals surface area contributed by atoms with E-state index in [1.807, 2.05) is 13.8 Å². The van der Waals surface area contributed by atoms with Gasteiger partial charge in [-0.15, -0.1) is 0 Å². The van der Waals surface area contributed by atoms with Crippen LogP contribution in [0.25, 0.3) is 5.76 Å². The lowest BCUT2D eigenvalue weighted by atomic mass is 9.54. The smallest absolute Gasteiger partial charge is 0.230 e. The molecule has 9 nitrogen and oxygen atoms in total. The van der Waals surface area contributed by atoms with Crippen LogP contribution in [0.5, 0.6) is 5.75 Å². The maximum absolute atomic E-state index is 13.9. The summed E-state index contributed by atoms with van der Waals surface area (Å²) in [6, 6.07) is 8.58. The van der Waals surface area contributed by atoms with E-state index in [4.69, 9.17) is 5.73 Å². The standard InChI is InChI=1S/C30H34N2O7/c1-13-7-14(2)9-15(8-13)10-16-5-6-20(33)22-18(16)11-17-12-19-24(32(3)4)26(35)23(29(31)38)28(37)30(19,39)27(36)21(17)25(22)34/h5-9,17,19,23-24,26,33-35,39H,10-12H2,1-4H3,(H2,31,38)/t17-,19-,23?,24-,26?,30-/m1/s1. The molecule has 0 saturated heterocycles. The Morgan fingerprint density at radius 2 is 1.74 bits per heavy atom. The summed E-state index contributed by atoms with van der Waals surface area (Å²) in [7, 11) is 3.26. The number of carbonyl (C=O) groups is 3. The SMILES string of the molecule is Cc1cc(C)cc(Cc2ccc(O)c3c2C[C@@H]2C[C@@H]4[C@@H](N(C)C)C(O)C(C(N)=O)C(=O)[C@]4(O)C(=O)C2=C3O)c1. The first-order valence-electron chi connectivity index (χ1n) is 13.1. The highest BCUT2D eigenvalue weighted by atomic mass is 16.3. The Kier molecular flexibility index (Phi) is 6.44. The van der Waals surface area contributed by atoms with Gasteiger partial charge in [-0.25, -0.2) is 0 Å². The summed E-state index contributed by atoms with van der Waals surface area (Å²) in [6.07, 6.45) is -0.593. The number of aryl methyl sites for hydroxylation is 2. The highest BCUT2D eigenvalue weighted by Crippen LogP contribution is 2.52. The van der Waals surface area contributed by atoms with E-state index >= 15 is 0 Å². The molecule has 206 valence electrons. The van der Waals surface area contributed by atoms with E-state index in [0.717, 1.165) is 22.3 Å². The number of amides is 1. The Morgan fingerprint density at radius 1 is 1.10 bits per heavy atom. The summed E-state index contributed by atoms with van der Waals surface area (Å²) >= 11 is 0. The Balaban J connectivity index is 1.65. The highest BCUT2D eigenvalue weighted by molar-refractivity contribution is 6.25. The lowest BCUT2D eigenvalue weighted by Gasteiger charge is -2.53. The molecule has 0 aliphatic heterocycles. The third-order valence-electron chi connectivity index (χ3n) is 8.75. The van der Waals surface area contributed by atoms with Gasteiger partial charge < -0.3 is 31.1 Å². The molecule has 2 saturated carbocycles. The van der Waals surface area contributed by atoms with Gasteiger partial charge in [-0.1, -0.05) is 35.4 Å². The van der Waals surface area contributed by atoms with Crippen LogP contribution < -0.4 is 5.73 Å². The molecular weight excluding hydrogens is 500 g/mol. The van der Waals surface area contributed by atoms with Gasteiger partial charge in [-0.05, 0) is 75.9 Å². The van der Waals surface area contributed by atoms with Gasteiger partial charge in [0.05, 0.1) is 11.7 Å². The van der Waals surface area contributed by atoms with E-state index < -0.39 is 58.7 Å². The van der Waals surface area contributed by atoms with Crippen LogP contribution in [0.4, 0.5) is 0 Å². The lowest BCUT2D eigenvalue weighted by molar-refractivity contribution is -0.184. The zero-order valence-electron chi connectivity index (χ0n) is 22.4. The summed E-state index contributed by atoms with van der Waals surface area (Å²) in [4.78, 5) is 41.1. The number of fused-ring (bicyclic) bond motifs is 3. The van der Waals surface area contributed by atoms with Crippen LogP contribution in [0.2, 0.25) is 0 Å². The molecular formula is C30H34N2O7.